The van der Waals surface area contributed by atoms with Gasteiger partial charge in [0, 0.05) is 25.0 Å². The van der Waals surface area contributed by atoms with Gasteiger partial charge in [-0.2, -0.15) is 4.98 Å². The molecule has 29 heavy (non-hydrogen) atoms. The van der Waals surface area contributed by atoms with Crippen LogP contribution in [-0.2, 0) is 4.74 Å². The first-order valence-electron chi connectivity index (χ1n) is 10.1. The second-order valence-electron chi connectivity index (χ2n) is 7.41. The van der Waals surface area contributed by atoms with E-state index in [-0.39, 0.29) is 0 Å². The molecule has 6 nitrogen and oxygen atoms in total. The van der Waals surface area contributed by atoms with Gasteiger partial charge in [-0.05, 0) is 41.8 Å². The molecule has 0 atom stereocenters. The Morgan fingerprint density at radius 1 is 0.931 bits per heavy atom. The first-order chi connectivity index (χ1) is 14.2. The number of para-hydroxylation sites is 2. The standard InChI is InChI=1S/C23H27N5O/c1-17(2)18-7-9-19(10-8-18)25-22-11-12-24-23(27-22)26-20-5-3-4-6-21(20)28-13-15-29-16-14-28/h3-12,17H,13-16H2,1-2H3,(H2,24,25,26,27). The van der Waals surface area contributed by atoms with E-state index in [1.165, 1.54) is 5.56 Å². The molecule has 2 heterocycles. The summed E-state index contributed by atoms with van der Waals surface area (Å²) in [5, 5.41) is 6.73. The van der Waals surface area contributed by atoms with Gasteiger partial charge in [-0.1, -0.05) is 38.1 Å². The van der Waals surface area contributed by atoms with Crippen molar-refractivity contribution in [2.24, 2.45) is 0 Å². The molecule has 6 heteroatoms. The second-order valence-corrected chi connectivity index (χ2v) is 7.41. The summed E-state index contributed by atoms with van der Waals surface area (Å²) in [5.74, 6) is 1.84. The van der Waals surface area contributed by atoms with Gasteiger partial charge in [0.15, 0.2) is 0 Å². The van der Waals surface area contributed by atoms with Crippen molar-refractivity contribution in [2.45, 2.75) is 19.8 Å². The lowest BCUT2D eigenvalue weighted by Gasteiger charge is -2.30. The van der Waals surface area contributed by atoms with Gasteiger partial charge in [0.25, 0.3) is 0 Å². The molecule has 1 aliphatic rings. The Morgan fingerprint density at radius 2 is 1.69 bits per heavy atom. The third-order valence-corrected chi connectivity index (χ3v) is 5.01. The molecule has 2 N–H and O–H groups in total. The number of benzene rings is 2. The molecule has 0 saturated carbocycles. The van der Waals surface area contributed by atoms with Crippen LogP contribution in [0.15, 0.2) is 60.8 Å². The summed E-state index contributed by atoms with van der Waals surface area (Å²) in [6.45, 7) is 7.65. The lowest BCUT2D eigenvalue weighted by molar-refractivity contribution is 0.123. The lowest BCUT2D eigenvalue weighted by Crippen LogP contribution is -2.36. The number of anilines is 5. The second kappa shape index (κ2) is 8.92. The van der Waals surface area contributed by atoms with Crippen LogP contribution in [0.2, 0.25) is 0 Å². The molecule has 1 aromatic heterocycles. The van der Waals surface area contributed by atoms with Crippen molar-refractivity contribution in [1.82, 2.24) is 9.97 Å². The Balaban J connectivity index is 1.49. The van der Waals surface area contributed by atoms with E-state index in [0.717, 1.165) is 49.2 Å². The van der Waals surface area contributed by atoms with Crippen molar-refractivity contribution in [1.29, 1.82) is 0 Å². The molecule has 3 aromatic rings. The van der Waals surface area contributed by atoms with Crippen molar-refractivity contribution in [3.63, 3.8) is 0 Å². The van der Waals surface area contributed by atoms with Gasteiger partial charge < -0.3 is 20.3 Å². The van der Waals surface area contributed by atoms with Crippen LogP contribution in [0.3, 0.4) is 0 Å². The van der Waals surface area contributed by atoms with Crippen molar-refractivity contribution in [2.75, 3.05) is 41.8 Å². The number of hydrogen-bond donors (Lipinski definition) is 2. The zero-order chi connectivity index (χ0) is 20.1. The summed E-state index contributed by atoms with van der Waals surface area (Å²) >= 11 is 0. The average Bonchev–Trinajstić information content (AvgIpc) is 2.75. The summed E-state index contributed by atoms with van der Waals surface area (Å²) in [6.07, 6.45) is 1.76. The number of nitrogens with one attached hydrogen (secondary N) is 2. The summed E-state index contributed by atoms with van der Waals surface area (Å²) in [7, 11) is 0. The van der Waals surface area contributed by atoms with E-state index in [4.69, 9.17) is 4.74 Å². The maximum Gasteiger partial charge on any atom is 0.229 e. The molecule has 4 rings (SSSR count). The Bertz CT molecular complexity index is 936. The third kappa shape index (κ3) is 4.84. The van der Waals surface area contributed by atoms with Crippen LogP contribution >= 0.6 is 0 Å². The van der Waals surface area contributed by atoms with Crippen LogP contribution in [-0.4, -0.2) is 36.3 Å². The Kier molecular flexibility index (Phi) is 5.91. The van der Waals surface area contributed by atoms with Crippen LogP contribution in [0.25, 0.3) is 0 Å². The van der Waals surface area contributed by atoms with E-state index in [0.29, 0.717) is 11.9 Å². The molecule has 1 fully saturated rings. The van der Waals surface area contributed by atoms with Crippen molar-refractivity contribution in [3.8, 4) is 0 Å². The minimum atomic E-state index is 0.519. The molecule has 0 radical (unpaired) electrons. The van der Waals surface area contributed by atoms with E-state index in [9.17, 15) is 0 Å². The predicted octanol–water partition coefficient (Wildman–Crippen LogP) is 4.92. The van der Waals surface area contributed by atoms with Crippen LogP contribution in [0.4, 0.5) is 28.8 Å². The molecule has 0 bridgehead atoms. The minimum Gasteiger partial charge on any atom is -0.378 e. The van der Waals surface area contributed by atoms with Crippen molar-refractivity contribution < 1.29 is 4.74 Å². The monoisotopic (exact) mass is 389 g/mol. The predicted molar refractivity (Wildman–Crippen MR) is 119 cm³/mol. The molecule has 150 valence electrons. The van der Waals surface area contributed by atoms with Gasteiger partial charge in [-0.25, -0.2) is 4.98 Å². The zero-order valence-electron chi connectivity index (χ0n) is 16.9. The van der Waals surface area contributed by atoms with E-state index in [2.05, 4.69) is 81.8 Å². The fourth-order valence-electron chi connectivity index (χ4n) is 3.37. The molecular formula is C23H27N5O. The molecule has 0 amide bonds. The number of rotatable bonds is 6. The van der Waals surface area contributed by atoms with E-state index in [1.54, 1.807) is 6.20 Å². The van der Waals surface area contributed by atoms with Gasteiger partial charge in [0.1, 0.15) is 5.82 Å². The average molecular weight is 390 g/mol. The fraction of sp³-hybridized carbons (Fsp3) is 0.304. The molecular weight excluding hydrogens is 362 g/mol. The Hall–Kier alpha value is -3.12. The summed E-state index contributed by atoms with van der Waals surface area (Å²) in [6, 6.07) is 18.6. The number of nitrogens with zero attached hydrogens (tertiary/aromatic N) is 3. The summed E-state index contributed by atoms with van der Waals surface area (Å²) in [5.41, 5.74) is 4.46. The highest BCUT2D eigenvalue weighted by Gasteiger charge is 2.15. The van der Waals surface area contributed by atoms with E-state index >= 15 is 0 Å². The molecule has 2 aromatic carbocycles. The number of hydrogen-bond acceptors (Lipinski definition) is 6. The highest BCUT2D eigenvalue weighted by molar-refractivity contribution is 5.74. The highest BCUT2D eigenvalue weighted by atomic mass is 16.5. The molecule has 0 aliphatic carbocycles. The van der Waals surface area contributed by atoms with E-state index in [1.807, 2.05) is 12.1 Å². The third-order valence-electron chi connectivity index (χ3n) is 5.01. The van der Waals surface area contributed by atoms with Crippen LogP contribution < -0.4 is 15.5 Å². The van der Waals surface area contributed by atoms with Crippen molar-refractivity contribution in [3.05, 3.63) is 66.4 Å². The lowest BCUT2D eigenvalue weighted by atomic mass is 10.0. The van der Waals surface area contributed by atoms with Gasteiger partial charge in [-0.3, -0.25) is 0 Å². The smallest absolute Gasteiger partial charge is 0.229 e. The number of morpholine rings is 1. The number of aromatic nitrogens is 2. The first-order valence-corrected chi connectivity index (χ1v) is 10.1. The Labute approximate surface area is 172 Å². The first kappa shape index (κ1) is 19.2. The summed E-state index contributed by atoms with van der Waals surface area (Å²) in [4.78, 5) is 11.3. The fourth-order valence-corrected chi connectivity index (χ4v) is 3.37. The van der Waals surface area contributed by atoms with E-state index < -0.39 is 0 Å². The maximum absolute atomic E-state index is 5.48. The van der Waals surface area contributed by atoms with Crippen molar-refractivity contribution >= 4 is 28.8 Å². The molecule has 0 spiro atoms. The summed E-state index contributed by atoms with van der Waals surface area (Å²) < 4.78 is 5.48. The van der Waals surface area contributed by atoms with Crippen LogP contribution in [0, 0.1) is 0 Å². The number of ether oxygens (including phenoxy) is 1. The molecule has 1 saturated heterocycles. The zero-order valence-corrected chi connectivity index (χ0v) is 16.9. The maximum atomic E-state index is 5.48. The van der Waals surface area contributed by atoms with Gasteiger partial charge in [-0.15, -0.1) is 0 Å². The minimum absolute atomic E-state index is 0.519. The van der Waals surface area contributed by atoms with Crippen LogP contribution in [0.1, 0.15) is 25.3 Å². The quantitative estimate of drug-likeness (QED) is 0.624. The van der Waals surface area contributed by atoms with Crippen LogP contribution in [0.5, 0.6) is 0 Å². The molecule has 1 aliphatic heterocycles. The Morgan fingerprint density at radius 3 is 2.45 bits per heavy atom. The van der Waals surface area contributed by atoms with Gasteiger partial charge in [0.05, 0.1) is 24.6 Å². The highest BCUT2D eigenvalue weighted by Crippen LogP contribution is 2.28. The molecule has 0 unspecified atom stereocenters. The van der Waals surface area contributed by atoms with Gasteiger partial charge >= 0.3 is 0 Å². The largest absolute Gasteiger partial charge is 0.378 e. The van der Waals surface area contributed by atoms with Gasteiger partial charge in [0.2, 0.25) is 5.95 Å². The topological polar surface area (TPSA) is 62.3 Å². The normalized spacial score (nSPS) is 14.1. The SMILES string of the molecule is CC(C)c1ccc(Nc2ccnc(Nc3ccccc3N3CCOCC3)n2)cc1.